The highest BCUT2D eigenvalue weighted by atomic mass is 35.5. The predicted octanol–water partition coefficient (Wildman–Crippen LogP) is 3.89. The van der Waals surface area contributed by atoms with Crippen LogP contribution in [0, 0.1) is 11.8 Å². The van der Waals surface area contributed by atoms with Crippen LogP contribution in [0.4, 0.5) is 11.5 Å². The maximum atomic E-state index is 13.2. The van der Waals surface area contributed by atoms with E-state index in [1.54, 1.807) is 6.20 Å². The van der Waals surface area contributed by atoms with Crippen LogP contribution in [0.1, 0.15) is 43.2 Å². The Balaban J connectivity index is 1.20. The number of piperidine rings is 1. The molecule has 3 aliphatic heterocycles. The van der Waals surface area contributed by atoms with Gasteiger partial charge in [0.25, 0.3) is 0 Å². The predicted molar refractivity (Wildman–Crippen MR) is 137 cm³/mol. The number of rotatable bonds is 6. The molecular formula is C27H34ClN5O. The number of anilines is 2. The number of benzene rings is 1. The number of halogens is 1. The molecule has 3 fully saturated rings. The van der Waals surface area contributed by atoms with Crippen LogP contribution >= 0.6 is 11.6 Å². The van der Waals surface area contributed by atoms with Gasteiger partial charge in [-0.1, -0.05) is 23.7 Å². The Labute approximate surface area is 207 Å². The third-order valence-corrected chi connectivity index (χ3v) is 8.76. The van der Waals surface area contributed by atoms with Crippen molar-refractivity contribution in [3.05, 3.63) is 52.7 Å². The molecule has 34 heavy (non-hydrogen) atoms. The molecule has 6 rings (SSSR count). The van der Waals surface area contributed by atoms with Gasteiger partial charge in [0, 0.05) is 47.5 Å². The van der Waals surface area contributed by atoms with Crippen LogP contribution in [-0.2, 0) is 10.2 Å². The van der Waals surface area contributed by atoms with E-state index in [0.717, 1.165) is 67.3 Å². The number of piperazine rings is 1. The molecule has 2 aromatic rings. The number of carbonyl (C=O) groups is 1. The summed E-state index contributed by atoms with van der Waals surface area (Å²) in [6.07, 6.45) is 7.91. The lowest BCUT2D eigenvalue weighted by Gasteiger charge is -2.36. The fourth-order valence-electron chi connectivity index (χ4n) is 6.39. The van der Waals surface area contributed by atoms with Crippen LogP contribution in [0.15, 0.2) is 36.5 Å². The molecule has 1 aromatic carbocycles. The van der Waals surface area contributed by atoms with Crippen molar-refractivity contribution >= 4 is 29.0 Å². The zero-order valence-corrected chi connectivity index (χ0v) is 20.5. The highest BCUT2D eigenvalue weighted by Gasteiger charge is 2.53. The van der Waals surface area contributed by atoms with Gasteiger partial charge in [-0.15, -0.1) is 0 Å². The maximum absolute atomic E-state index is 13.2. The average molecular weight is 480 g/mol. The molecule has 0 bridgehead atoms. The summed E-state index contributed by atoms with van der Waals surface area (Å²) in [7, 11) is 0. The number of fused-ring (bicyclic) bond motifs is 1. The first-order valence-corrected chi connectivity index (χ1v) is 13.3. The van der Waals surface area contributed by atoms with E-state index in [1.165, 1.54) is 37.7 Å². The largest absolute Gasteiger partial charge is 0.369 e. The Hall–Kier alpha value is -2.15. The van der Waals surface area contributed by atoms with E-state index in [9.17, 15) is 4.79 Å². The molecule has 2 N–H and O–H groups in total. The lowest BCUT2D eigenvalue weighted by Crippen LogP contribution is -2.51. The minimum atomic E-state index is -0.170. The number of aromatic nitrogens is 1. The summed E-state index contributed by atoms with van der Waals surface area (Å²) < 4.78 is 0. The average Bonchev–Trinajstić information content (AvgIpc) is 3.64. The third-order valence-electron chi connectivity index (χ3n) is 8.44. The molecule has 0 radical (unpaired) electrons. The molecule has 180 valence electrons. The topological polar surface area (TPSA) is 60.5 Å². The van der Waals surface area contributed by atoms with E-state index < -0.39 is 0 Å². The fraction of sp³-hybridized carbons (Fsp3) is 0.556. The van der Waals surface area contributed by atoms with E-state index in [0.29, 0.717) is 12.5 Å². The summed E-state index contributed by atoms with van der Waals surface area (Å²) in [6.45, 7) is 6.32. The van der Waals surface area contributed by atoms with Gasteiger partial charge >= 0.3 is 0 Å². The van der Waals surface area contributed by atoms with Crippen LogP contribution in [0.5, 0.6) is 0 Å². The molecule has 1 saturated carbocycles. The van der Waals surface area contributed by atoms with Crippen molar-refractivity contribution in [2.45, 2.75) is 37.5 Å². The number of pyridine rings is 1. The number of amides is 1. The second kappa shape index (κ2) is 9.14. The maximum Gasteiger partial charge on any atom is 0.241 e. The number of nitrogens with one attached hydrogen (secondary N) is 2. The number of hydrogen-bond acceptors (Lipinski definition) is 5. The van der Waals surface area contributed by atoms with Crippen LogP contribution in [0.25, 0.3) is 0 Å². The van der Waals surface area contributed by atoms with E-state index in [-0.39, 0.29) is 11.3 Å². The number of nitrogens with zero attached hydrogens (tertiary/aromatic N) is 3. The van der Waals surface area contributed by atoms with Crippen LogP contribution in [0.3, 0.4) is 0 Å². The van der Waals surface area contributed by atoms with E-state index in [2.05, 4.69) is 44.8 Å². The first-order chi connectivity index (χ1) is 16.6. The number of hydrogen-bond donors (Lipinski definition) is 2. The van der Waals surface area contributed by atoms with Gasteiger partial charge in [-0.25, -0.2) is 4.98 Å². The quantitative estimate of drug-likeness (QED) is 0.658. The highest BCUT2D eigenvalue weighted by Crippen LogP contribution is 2.57. The standard InChI is InChI=1S/C27H34ClN5O/c28-23-8-12-30-26-25(23)27(18-31-26,20-4-5-20)21-2-1-3-22(16-21)33-15-14-32(17-24(33)34)13-9-19-6-10-29-11-7-19/h1-3,8,12,16,19-20,29H,4-7,9-11,13-15,17-18H2,(H,30,31). The molecule has 6 nitrogen and oxygen atoms in total. The van der Waals surface area contributed by atoms with Gasteiger partial charge in [0.1, 0.15) is 5.82 Å². The molecule has 1 unspecified atom stereocenters. The summed E-state index contributed by atoms with van der Waals surface area (Å²) in [5, 5.41) is 7.74. The summed E-state index contributed by atoms with van der Waals surface area (Å²) in [5.74, 6) is 2.47. The second-order valence-electron chi connectivity index (χ2n) is 10.5. The van der Waals surface area contributed by atoms with Crippen molar-refractivity contribution in [1.82, 2.24) is 15.2 Å². The van der Waals surface area contributed by atoms with Gasteiger partial charge in [0.15, 0.2) is 0 Å². The Morgan fingerprint density at radius 2 is 1.97 bits per heavy atom. The molecule has 4 aliphatic rings. The lowest BCUT2D eigenvalue weighted by atomic mass is 9.72. The van der Waals surface area contributed by atoms with E-state index >= 15 is 0 Å². The van der Waals surface area contributed by atoms with Crippen LogP contribution in [0.2, 0.25) is 5.02 Å². The van der Waals surface area contributed by atoms with Gasteiger partial charge in [-0.2, -0.15) is 0 Å². The fourth-order valence-corrected chi connectivity index (χ4v) is 6.70. The van der Waals surface area contributed by atoms with Crippen molar-refractivity contribution in [1.29, 1.82) is 0 Å². The van der Waals surface area contributed by atoms with Crippen molar-refractivity contribution in [3.63, 3.8) is 0 Å². The Morgan fingerprint density at radius 1 is 1.12 bits per heavy atom. The first-order valence-electron chi connectivity index (χ1n) is 12.9. The van der Waals surface area contributed by atoms with Gasteiger partial charge in [-0.3, -0.25) is 9.69 Å². The molecule has 1 atom stereocenters. The van der Waals surface area contributed by atoms with Gasteiger partial charge in [0.05, 0.1) is 6.54 Å². The summed E-state index contributed by atoms with van der Waals surface area (Å²) >= 11 is 6.74. The van der Waals surface area contributed by atoms with Gasteiger partial charge in [0.2, 0.25) is 5.91 Å². The summed E-state index contributed by atoms with van der Waals surface area (Å²) in [4.78, 5) is 22.1. The molecule has 7 heteroatoms. The molecular weight excluding hydrogens is 446 g/mol. The van der Waals surface area contributed by atoms with E-state index in [1.807, 2.05) is 11.0 Å². The summed E-state index contributed by atoms with van der Waals surface area (Å²) in [6, 6.07) is 10.5. The smallest absolute Gasteiger partial charge is 0.241 e. The van der Waals surface area contributed by atoms with Crippen molar-refractivity contribution in [2.24, 2.45) is 11.8 Å². The SMILES string of the molecule is O=C1CN(CCC2CCNCC2)CCN1c1cccc(C2(C3CC3)CNc3nccc(Cl)c32)c1. The Bertz CT molecular complexity index is 1070. The Morgan fingerprint density at radius 3 is 2.76 bits per heavy atom. The highest BCUT2D eigenvalue weighted by molar-refractivity contribution is 6.32. The normalized spacial score (nSPS) is 25.9. The van der Waals surface area contributed by atoms with Crippen molar-refractivity contribution < 1.29 is 4.79 Å². The van der Waals surface area contributed by atoms with Crippen LogP contribution in [-0.4, -0.2) is 61.6 Å². The third kappa shape index (κ3) is 4.00. The van der Waals surface area contributed by atoms with Gasteiger partial charge in [-0.05, 0) is 87.3 Å². The number of carbonyl (C=O) groups excluding carboxylic acids is 1. The molecule has 0 spiro atoms. The molecule has 1 aliphatic carbocycles. The first kappa shape index (κ1) is 22.3. The minimum Gasteiger partial charge on any atom is -0.369 e. The molecule has 2 saturated heterocycles. The van der Waals surface area contributed by atoms with E-state index in [4.69, 9.17) is 11.6 Å². The Kier molecular flexibility index (Phi) is 6.00. The molecule has 1 amide bonds. The molecule has 1 aromatic heterocycles. The zero-order chi connectivity index (χ0) is 23.1. The zero-order valence-electron chi connectivity index (χ0n) is 19.7. The monoisotopic (exact) mass is 479 g/mol. The second-order valence-corrected chi connectivity index (χ2v) is 10.9. The van der Waals surface area contributed by atoms with Crippen molar-refractivity contribution in [3.8, 4) is 0 Å². The summed E-state index contributed by atoms with van der Waals surface area (Å²) in [5.41, 5.74) is 3.21. The molecule has 4 heterocycles. The minimum absolute atomic E-state index is 0.170. The van der Waals surface area contributed by atoms with Crippen LogP contribution < -0.4 is 15.5 Å². The lowest BCUT2D eigenvalue weighted by molar-refractivity contribution is -0.121. The van der Waals surface area contributed by atoms with Gasteiger partial charge < -0.3 is 15.5 Å². The van der Waals surface area contributed by atoms with Crippen molar-refractivity contribution in [2.75, 3.05) is 56.0 Å².